The molecule has 0 bridgehead atoms. The van der Waals surface area contributed by atoms with Crippen LogP contribution in [0.15, 0.2) is 18.2 Å². The van der Waals surface area contributed by atoms with Gasteiger partial charge < -0.3 is 11.1 Å². The highest BCUT2D eigenvalue weighted by atomic mass is 15.0. The zero-order chi connectivity index (χ0) is 11.5. The van der Waals surface area contributed by atoms with Gasteiger partial charge in [-0.05, 0) is 42.9 Å². The van der Waals surface area contributed by atoms with Crippen LogP contribution in [-0.2, 0) is 6.54 Å². The van der Waals surface area contributed by atoms with Crippen molar-refractivity contribution in [3.8, 4) is 0 Å². The molecule has 0 radical (unpaired) electrons. The van der Waals surface area contributed by atoms with E-state index in [1.54, 1.807) is 0 Å². The lowest BCUT2D eigenvalue weighted by Gasteiger charge is -2.06. The van der Waals surface area contributed by atoms with Crippen LogP contribution in [0.5, 0.6) is 0 Å². The first kappa shape index (κ1) is 11.5. The molecule has 88 valence electrons. The number of hydrogen-bond donors (Lipinski definition) is 2. The van der Waals surface area contributed by atoms with Crippen molar-refractivity contribution in [1.82, 2.24) is 5.32 Å². The van der Waals surface area contributed by atoms with Crippen molar-refractivity contribution in [2.75, 3.05) is 5.73 Å². The summed E-state index contributed by atoms with van der Waals surface area (Å²) in [7, 11) is 0. The first-order valence-electron chi connectivity index (χ1n) is 6.29. The Labute approximate surface area is 98.2 Å². The van der Waals surface area contributed by atoms with Crippen molar-refractivity contribution in [2.45, 2.75) is 45.7 Å². The number of anilines is 1. The Morgan fingerprint density at radius 2 is 2.25 bits per heavy atom. The first-order chi connectivity index (χ1) is 7.70. The van der Waals surface area contributed by atoms with Crippen LogP contribution in [-0.4, -0.2) is 6.04 Å². The number of aryl methyl sites for hydroxylation is 1. The van der Waals surface area contributed by atoms with Gasteiger partial charge in [0.25, 0.3) is 0 Å². The molecule has 2 nitrogen and oxygen atoms in total. The molecule has 2 unspecified atom stereocenters. The molecule has 2 rings (SSSR count). The number of nitrogen functional groups attached to an aromatic ring is 1. The predicted octanol–water partition coefficient (Wildman–Crippen LogP) is 2.86. The molecule has 1 saturated carbocycles. The van der Waals surface area contributed by atoms with Gasteiger partial charge in [0.15, 0.2) is 0 Å². The predicted molar refractivity (Wildman–Crippen MR) is 69.2 cm³/mol. The molecule has 1 aliphatic carbocycles. The molecule has 16 heavy (non-hydrogen) atoms. The summed E-state index contributed by atoms with van der Waals surface area (Å²) in [6, 6.07) is 7.06. The number of rotatable bonds is 5. The van der Waals surface area contributed by atoms with Crippen LogP contribution in [0.2, 0.25) is 0 Å². The monoisotopic (exact) mass is 218 g/mol. The Balaban J connectivity index is 1.80. The molecule has 0 saturated heterocycles. The van der Waals surface area contributed by atoms with Gasteiger partial charge in [-0.2, -0.15) is 0 Å². The lowest BCUT2D eigenvalue weighted by atomic mass is 10.1. The number of nitrogens with one attached hydrogen (secondary N) is 1. The van der Waals surface area contributed by atoms with Crippen molar-refractivity contribution in [1.29, 1.82) is 0 Å². The molecule has 0 aliphatic heterocycles. The van der Waals surface area contributed by atoms with Crippen molar-refractivity contribution in [3.63, 3.8) is 0 Å². The molecule has 1 aromatic rings. The maximum atomic E-state index is 5.80. The van der Waals surface area contributed by atoms with Crippen LogP contribution in [0.4, 0.5) is 5.69 Å². The third-order valence-corrected chi connectivity index (χ3v) is 3.48. The van der Waals surface area contributed by atoms with E-state index in [1.807, 2.05) is 6.07 Å². The van der Waals surface area contributed by atoms with Crippen LogP contribution in [0, 0.1) is 12.8 Å². The zero-order valence-corrected chi connectivity index (χ0v) is 10.3. The lowest BCUT2D eigenvalue weighted by Crippen LogP contribution is -2.17. The summed E-state index contributed by atoms with van der Waals surface area (Å²) in [6.45, 7) is 5.31. The molecule has 0 amide bonds. The van der Waals surface area contributed by atoms with E-state index in [1.165, 1.54) is 30.4 Å². The summed E-state index contributed by atoms with van der Waals surface area (Å²) in [5.41, 5.74) is 9.21. The third-order valence-electron chi connectivity index (χ3n) is 3.48. The SMILES string of the molecule is CCCC1CC1NCc1ccc(N)c(C)c1. The average Bonchev–Trinajstić information content (AvgIpc) is 2.99. The summed E-state index contributed by atoms with van der Waals surface area (Å²) in [4.78, 5) is 0. The fourth-order valence-corrected chi connectivity index (χ4v) is 2.28. The van der Waals surface area contributed by atoms with Crippen LogP contribution in [0.25, 0.3) is 0 Å². The van der Waals surface area contributed by atoms with Gasteiger partial charge in [-0.3, -0.25) is 0 Å². The fourth-order valence-electron chi connectivity index (χ4n) is 2.28. The molecule has 1 fully saturated rings. The highest BCUT2D eigenvalue weighted by molar-refractivity contribution is 5.47. The second kappa shape index (κ2) is 4.88. The van der Waals surface area contributed by atoms with E-state index in [0.29, 0.717) is 0 Å². The van der Waals surface area contributed by atoms with Crippen LogP contribution in [0.1, 0.15) is 37.3 Å². The van der Waals surface area contributed by atoms with Crippen LogP contribution >= 0.6 is 0 Å². The molecule has 1 aromatic carbocycles. The Bertz CT molecular complexity index is 360. The standard InChI is InChI=1S/C14H22N2/c1-3-4-12-8-14(12)16-9-11-5-6-13(15)10(2)7-11/h5-7,12,14,16H,3-4,8-9,15H2,1-2H3. The summed E-state index contributed by atoms with van der Waals surface area (Å²) >= 11 is 0. The van der Waals surface area contributed by atoms with Gasteiger partial charge in [0.2, 0.25) is 0 Å². The Morgan fingerprint density at radius 1 is 1.44 bits per heavy atom. The maximum Gasteiger partial charge on any atom is 0.0343 e. The highest BCUT2D eigenvalue weighted by Gasteiger charge is 2.35. The quantitative estimate of drug-likeness (QED) is 0.746. The van der Waals surface area contributed by atoms with E-state index < -0.39 is 0 Å². The van der Waals surface area contributed by atoms with Crippen LogP contribution in [0.3, 0.4) is 0 Å². The summed E-state index contributed by atoms with van der Waals surface area (Å²) < 4.78 is 0. The minimum atomic E-state index is 0.762. The third kappa shape index (κ3) is 2.76. The summed E-state index contributed by atoms with van der Waals surface area (Å²) in [6.07, 6.45) is 4.05. The number of hydrogen-bond acceptors (Lipinski definition) is 2. The summed E-state index contributed by atoms with van der Waals surface area (Å²) in [5.74, 6) is 0.930. The van der Waals surface area contributed by atoms with Gasteiger partial charge in [-0.1, -0.05) is 25.5 Å². The first-order valence-corrected chi connectivity index (χ1v) is 6.29. The normalized spacial score (nSPS) is 23.4. The largest absolute Gasteiger partial charge is 0.399 e. The molecule has 0 aromatic heterocycles. The van der Waals surface area contributed by atoms with E-state index >= 15 is 0 Å². The van der Waals surface area contributed by atoms with Crippen molar-refractivity contribution >= 4 is 5.69 Å². The molecule has 2 heteroatoms. The molecule has 1 aliphatic rings. The molecule has 2 atom stereocenters. The molecule has 0 spiro atoms. The van der Waals surface area contributed by atoms with Gasteiger partial charge in [-0.15, -0.1) is 0 Å². The van der Waals surface area contributed by atoms with Crippen molar-refractivity contribution in [3.05, 3.63) is 29.3 Å². The highest BCUT2D eigenvalue weighted by Crippen LogP contribution is 2.34. The minimum absolute atomic E-state index is 0.762. The van der Waals surface area contributed by atoms with E-state index in [4.69, 9.17) is 5.73 Å². The average molecular weight is 218 g/mol. The molecular formula is C14H22N2. The van der Waals surface area contributed by atoms with Crippen molar-refractivity contribution < 1.29 is 0 Å². The number of nitrogens with two attached hydrogens (primary N) is 1. The van der Waals surface area contributed by atoms with Crippen LogP contribution < -0.4 is 11.1 Å². The van der Waals surface area contributed by atoms with E-state index in [2.05, 4.69) is 31.3 Å². The zero-order valence-electron chi connectivity index (χ0n) is 10.3. The van der Waals surface area contributed by atoms with Gasteiger partial charge in [0, 0.05) is 18.3 Å². The van der Waals surface area contributed by atoms with Gasteiger partial charge in [0.1, 0.15) is 0 Å². The smallest absolute Gasteiger partial charge is 0.0343 e. The van der Waals surface area contributed by atoms with E-state index in [9.17, 15) is 0 Å². The molecular weight excluding hydrogens is 196 g/mol. The second-order valence-electron chi connectivity index (χ2n) is 4.96. The Kier molecular flexibility index (Phi) is 3.49. The van der Waals surface area contributed by atoms with Gasteiger partial charge in [-0.25, -0.2) is 0 Å². The van der Waals surface area contributed by atoms with Gasteiger partial charge in [0.05, 0.1) is 0 Å². The topological polar surface area (TPSA) is 38.0 Å². The Hall–Kier alpha value is -1.02. The van der Waals surface area contributed by atoms with Crippen molar-refractivity contribution in [2.24, 2.45) is 5.92 Å². The second-order valence-corrected chi connectivity index (χ2v) is 4.96. The number of benzene rings is 1. The molecule has 3 N–H and O–H groups in total. The van der Waals surface area contributed by atoms with Gasteiger partial charge >= 0.3 is 0 Å². The van der Waals surface area contributed by atoms with E-state index in [-0.39, 0.29) is 0 Å². The maximum absolute atomic E-state index is 5.80. The molecule has 0 heterocycles. The Morgan fingerprint density at radius 3 is 2.94 bits per heavy atom. The minimum Gasteiger partial charge on any atom is -0.399 e. The summed E-state index contributed by atoms with van der Waals surface area (Å²) in [5, 5.41) is 3.61. The fraction of sp³-hybridized carbons (Fsp3) is 0.571. The van der Waals surface area contributed by atoms with E-state index in [0.717, 1.165) is 24.2 Å². The lowest BCUT2D eigenvalue weighted by molar-refractivity contribution is 0.599.